The number of hydrogen-bond donors (Lipinski definition) is 0. The molecule has 1 heterocycles. The molecule has 1 saturated heterocycles. The molecule has 2 rings (SSSR count). The second kappa shape index (κ2) is 6.42. The Balaban J connectivity index is 1.98. The minimum absolute atomic E-state index is 0.726. The molecule has 0 N–H and O–H groups in total. The Kier molecular flexibility index (Phi) is 4.87. The highest BCUT2D eigenvalue weighted by Gasteiger charge is 2.21. The van der Waals surface area contributed by atoms with Crippen molar-refractivity contribution in [1.82, 2.24) is 4.90 Å². The molecule has 0 amide bonds. The SMILES string of the molecule is CCCC(Cc1ccc(Cl)cc1)N1CCCC1. The normalized spacial score (nSPS) is 18.5. The summed E-state index contributed by atoms with van der Waals surface area (Å²) in [6.07, 6.45) is 6.50. The summed E-state index contributed by atoms with van der Waals surface area (Å²) in [5.41, 5.74) is 1.42. The Morgan fingerprint density at radius 3 is 2.41 bits per heavy atom. The predicted molar refractivity (Wildman–Crippen MR) is 74.7 cm³/mol. The zero-order chi connectivity index (χ0) is 12.1. The third-order valence-electron chi connectivity index (χ3n) is 3.66. The van der Waals surface area contributed by atoms with Crippen LogP contribution in [0.3, 0.4) is 0 Å². The van der Waals surface area contributed by atoms with Crippen LogP contribution in [-0.2, 0) is 6.42 Å². The van der Waals surface area contributed by atoms with E-state index in [2.05, 4.69) is 24.0 Å². The minimum atomic E-state index is 0.726. The lowest BCUT2D eigenvalue weighted by atomic mass is 10.0. The van der Waals surface area contributed by atoms with Gasteiger partial charge in [0.1, 0.15) is 0 Å². The van der Waals surface area contributed by atoms with Crippen molar-refractivity contribution in [3.63, 3.8) is 0 Å². The van der Waals surface area contributed by atoms with Crippen LogP contribution in [-0.4, -0.2) is 24.0 Å². The summed E-state index contributed by atoms with van der Waals surface area (Å²) in [5.74, 6) is 0. The van der Waals surface area contributed by atoms with E-state index in [0.29, 0.717) is 0 Å². The summed E-state index contributed by atoms with van der Waals surface area (Å²) >= 11 is 5.93. The molecule has 1 aromatic carbocycles. The summed E-state index contributed by atoms with van der Waals surface area (Å²) in [4.78, 5) is 2.66. The van der Waals surface area contributed by atoms with Gasteiger partial charge in [0.15, 0.2) is 0 Å². The quantitative estimate of drug-likeness (QED) is 0.760. The first-order chi connectivity index (χ1) is 8.29. The van der Waals surface area contributed by atoms with Gasteiger partial charge in [-0.3, -0.25) is 0 Å². The Bertz CT molecular complexity index is 327. The van der Waals surface area contributed by atoms with E-state index in [1.165, 1.54) is 50.8 Å². The fourth-order valence-electron chi connectivity index (χ4n) is 2.75. The van der Waals surface area contributed by atoms with Gasteiger partial charge in [-0.15, -0.1) is 0 Å². The number of nitrogens with zero attached hydrogens (tertiary/aromatic N) is 1. The fourth-order valence-corrected chi connectivity index (χ4v) is 2.87. The number of hydrogen-bond acceptors (Lipinski definition) is 1. The maximum absolute atomic E-state index is 5.93. The first-order valence-electron chi connectivity index (χ1n) is 6.78. The molecule has 94 valence electrons. The molecular formula is C15H22ClN. The van der Waals surface area contributed by atoms with Gasteiger partial charge in [-0.25, -0.2) is 0 Å². The first-order valence-corrected chi connectivity index (χ1v) is 7.16. The summed E-state index contributed by atoms with van der Waals surface area (Å²) in [5, 5.41) is 0.835. The number of rotatable bonds is 5. The topological polar surface area (TPSA) is 3.24 Å². The molecule has 1 aliphatic rings. The third-order valence-corrected chi connectivity index (χ3v) is 3.92. The fraction of sp³-hybridized carbons (Fsp3) is 0.600. The van der Waals surface area contributed by atoms with Crippen molar-refractivity contribution in [2.24, 2.45) is 0 Å². The second-order valence-electron chi connectivity index (χ2n) is 5.02. The molecule has 2 heteroatoms. The molecule has 1 nitrogen and oxygen atoms in total. The molecular weight excluding hydrogens is 230 g/mol. The summed E-state index contributed by atoms with van der Waals surface area (Å²) in [6.45, 7) is 4.86. The Hall–Kier alpha value is -0.530. The van der Waals surface area contributed by atoms with Gasteiger partial charge < -0.3 is 4.90 Å². The van der Waals surface area contributed by atoms with Gasteiger partial charge in [-0.2, -0.15) is 0 Å². The van der Waals surface area contributed by atoms with Crippen LogP contribution in [0, 0.1) is 0 Å². The molecule has 17 heavy (non-hydrogen) atoms. The Labute approximate surface area is 110 Å². The van der Waals surface area contributed by atoms with Crippen molar-refractivity contribution >= 4 is 11.6 Å². The van der Waals surface area contributed by atoms with E-state index in [9.17, 15) is 0 Å². The van der Waals surface area contributed by atoms with Crippen LogP contribution in [0.2, 0.25) is 5.02 Å². The lowest BCUT2D eigenvalue weighted by Gasteiger charge is -2.27. The molecule has 1 fully saturated rings. The highest BCUT2D eigenvalue weighted by molar-refractivity contribution is 6.30. The first kappa shape index (κ1) is 12.9. The van der Waals surface area contributed by atoms with E-state index >= 15 is 0 Å². The van der Waals surface area contributed by atoms with Gasteiger partial charge in [0.05, 0.1) is 0 Å². The summed E-state index contributed by atoms with van der Waals surface area (Å²) in [7, 11) is 0. The predicted octanol–water partition coefficient (Wildman–Crippen LogP) is 4.15. The van der Waals surface area contributed by atoms with Gasteiger partial charge in [-0.1, -0.05) is 37.1 Å². The molecule has 0 aromatic heterocycles. The van der Waals surface area contributed by atoms with Crippen molar-refractivity contribution in [3.05, 3.63) is 34.9 Å². The minimum Gasteiger partial charge on any atom is -0.300 e. The van der Waals surface area contributed by atoms with E-state index in [1.54, 1.807) is 0 Å². The molecule has 0 bridgehead atoms. The molecule has 1 atom stereocenters. The smallest absolute Gasteiger partial charge is 0.0406 e. The Morgan fingerprint density at radius 1 is 1.18 bits per heavy atom. The average Bonchev–Trinajstić information content (AvgIpc) is 2.85. The van der Waals surface area contributed by atoms with Gasteiger partial charge in [0.2, 0.25) is 0 Å². The molecule has 1 aromatic rings. The number of halogens is 1. The highest BCUT2D eigenvalue weighted by Crippen LogP contribution is 2.20. The summed E-state index contributed by atoms with van der Waals surface area (Å²) in [6, 6.07) is 9.07. The maximum atomic E-state index is 5.93. The van der Waals surface area contributed by atoms with Gasteiger partial charge >= 0.3 is 0 Å². The number of likely N-dealkylation sites (tertiary alicyclic amines) is 1. The standard InChI is InChI=1S/C15H22ClN/c1-2-5-15(17-10-3-4-11-17)12-13-6-8-14(16)9-7-13/h6-9,15H,2-5,10-12H2,1H3. The molecule has 1 aliphatic heterocycles. The van der Waals surface area contributed by atoms with Gasteiger partial charge in [-0.05, 0) is 56.5 Å². The molecule has 0 saturated carbocycles. The monoisotopic (exact) mass is 251 g/mol. The van der Waals surface area contributed by atoms with E-state index in [-0.39, 0.29) is 0 Å². The van der Waals surface area contributed by atoms with Crippen LogP contribution in [0.25, 0.3) is 0 Å². The summed E-state index contributed by atoms with van der Waals surface area (Å²) < 4.78 is 0. The van der Waals surface area contributed by atoms with Crippen molar-refractivity contribution in [2.75, 3.05) is 13.1 Å². The van der Waals surface area contributed by atoms with E-state index in [1.807, 2.05) is 12.1 Å². The van der Waals surface area contributed by atoms with Crippen LogP contribution in [0.4, 0.5) is 0 Å². The Morgan fingerprint density at radius 2 is 1.82 bits per heavy atom. The van der Waals surface area contributed by atoms with Crippen LogP contribution in [0.15, 0.2) is 24.3 Å². The van der Waals surface area contributed by atoms with Gasteiger partial charge in [0, 0.05) is 11.1 Å². The van der Waals surface area contributed by atoms with Crippen molar-refractivity contribution < 1.29 is 0 Å². The van der Waals surface area contributed by atoms with E-state index < -0.39 is 0 Å². The maximum Gasteiger partial charge on any atom is 0.0406 e. The van der Waals surface area contributed by atoms with E-state index in [4.69, 9.17) is 11.6 Å². The van der Waals surface area contributed by atoms with Crippen LogP contribution < -0.4 is 0 Å². The van der Waals surface area contributed by atoms with E-state index in [0.717, 1.165) is 11.1 Å². The zero-order valence-corrected chi connectivity index (χ0v) is 11.4. The van der Waals surface area contributed by atoms with Crippen LogP contribution in [0.1, 0.15) is 38.2 Å². The molecule has 1 unspecified atom stereocenters. The van der Waals surface area contributed by atoms with Crippen molar-refractivity contribution in [2.45, 2.75) is 45.1 Å². The third kappa shape index (κ3) is 3.72. The van der Waals surface area contributed by atoms with Crippen molar-refractivity contribution in [1.29, 1.82) is 0 Å². The lowest BCUT2D eigenvalue weighted by Crippen LogP contribution is -2.34. The lowest BCUT2D eigenvalue weighted by molar-refractivity contribution is 0.227. The zero-order valence-electron chi connectivity index (χ0n) is 10.7. The highest BCUT2D eigenvalue weighted by atomic mass is 35.5. The van der Waals surface area contributed by atoms with Crippen LogP contribution in [0.5, 0.6) is 0 Å². The van der Waals surface area contributed by atoms with Crippen molar-refractivity contribution in [3.8, 4) is 0 Å². The molecule has 0 aliphatic carbocycles. The van der Waals surface area contributed by atoms with Gasteiger partial charge in [0.25, 0.3) is 0 Å². The largest absolute Gasteiger partial charge is 0.300 e. The average molecular weight is 252 g/mol. The number of benzene rings is 1. The molecule has 0 radical (unpaired) electrons. The van der Waals surface area contributed by atoms with Crippen LogP contribution >= 0.6 is 11.6 Å². The molecule has 0 spiro atoms. The second-order valence-corrected chi connectivity index (χ2v) is 5.45.